The molecule has 38 heavy (non-hydrogen) atoms. The number of nitrogens with zero attached hydrogens (tertiary/aromatic N) is 4. The number of aliphatic hydroxyl groups is 1. The molecule has 0 amide bonds. The number of benzene rings is 1. The Balaban J connectivity index is 0.00000507. The van der Waals surface area contributed by atoms with Gasteiger partial charge < -0.3 is 19.3 Å². The summed E-state index contributed by atoms with van der Waals surface area (Å²) in [5.74, 6) is 1.28. The first-order chi connectivity index (χ1) is 17.6. The van der Waals surface area contributed by atoms with E-state index in [0.717, 1.165) is 23.1 Å². The summed E-state index contributed by atoms with van der Waals surface area (Å²) in [6.07, 6.45) is 1.88. The molecular weight excluding hydrogens is 510 g/mol. The summed E-state index contributed by atoms with van der Waals surface area (Å²) in [5.41, 5.74) is 3.41. The number of hydrogen-bond donors (Lipinski definition) is 2. The highest BCUT2D eigenvalue weighted by Gasteiger charge is 2.26. The van der Waals surface area contributed by atoms with E-state index >= 15 is 0 Å². The van der Waals surface area contributed by atoms with Gasteiger partial charge in [0.2, 0.25) is 11.5 Å². The van der Waals surface area contributed by atoms with Crippen LogP contribution in [0.5, 0.6) is 17.4 Å². The Bertz CT molecular complexity index is 1330. The second-order valence-corrected chi connectivity index (χ2v) is 9.77. The molecule has 11 heteroatoms. The molecule has 2 heterocycles. The van der Waals surface area contributed by atoms with Gasteiger partial charge >= 0.3 is 0 Å². The fraction of sp³-hybridized carbons (Fsp3) is 0.556. The zero-order valence-corrected chi connectivity index (χ0v) is 24.2. The van der Waals surface area contributed by atoms with Gasteiger partial charge in [-0.15, -0.1) is 22.6 Å². The lowest BCUT2D eigenvalue weighted by Crippen LogP contribution is -2.27. The monoisotopic (exact) mass is 549 g/mol. The van der Waals surface area contributed by atoms with E-state index < -0.39 is 0 Å². The van der Waals surface area contributed by atoms with E-state index in [9.17, 15) is 4.79 Å². The normalized spacial score (nSPS) is 11.4. The lowest BCUT2D eigenvalue weighted by atomic mass is 9.84. The first-order valence-electron chi connectivity index (χ1n) is 12.8. The molecule has 10 nitrogen and oxygen atoms in total. The summed E-state index contributed by atoms with van der Waals surface area (Å²) < 4.78 is 20.1. The van der Waals surface area contributed by atoms with Crippen molar-refractivity contribution < 1.29 is 24.1 Å². The number of rotatable bonds is 12. The molecular formula is C27H40ClN5O5. The number of Topliss-reactive ketones (excluding diaryl/α,β-unsaturated/α-hetero) is 1. The van der Waals surface area contributed by atoms with Crippen molar-refractivity contribution in [3.8, 4) is 17.4 Å². The maximum atomic E-state index is 13.5. The predicted molar refractivity (Wildman–Crippen MR) is 147 cm³/mol. The van der Waals surface area contributed by atoms with Crippen LogP contribution in [0, 0.1) is 5.41 Å². The first-order valence-corrected chi connectivity index (χ1v) is 12.8. The van der Waals surface area contributed by atoms with Crippen molar-refractivity contribution in [1.82, 2.24) is 19.4 Å². The molecule has 0 unspecified atom stereocenters. The van der Waals surface area contributed by atoms with Gasteiger partial charge in [-0.1, -0.05) is 34.6 Å². The average molecular weight is 550 g/mol. The van der Waals surface area contributed by atoms with Crippen molar-refractivity contribution in [2.75, 3.05) is 26.9 Å². The number of methoxy groups -OCH3 is 1. The molecule has 0 saturated heterocycles. The summed E-state index contributed by atoms with van der Waals surface area (Å²) in [5, 5.41) is 27.0. The van der Waals surface area contributed by atoms with E-state index in [0.29, 0.717) is 54.6 Å². The third kappa shape index (κ3) is 6.30. The van der Waals surface area contributed by atoms with Gasteiger partial charge in [-0.2, -0.15) is 4.52 Å². The molecule has 210 valence electrons. The molecule has 0 radical (unpaired) electrons. The van der Waals surface area contributed by atoms with Crippen LogP contribution in [0.15, 0.2) is 12.1 Å². The Labute approximate surface area is 229 Å². The number of ketones is 1. The molecule has 3 rings (SSSR count). The number of aromatic nitrogens is 4. The minimum atomic E-state index is -0.320. The molecule has 0 aliphatic rings. The van der Waals surface area contributed by atoms with Crippen molar-refractivity contribution in [1.29, 1.82) is 5.41 Å². The summed E-state index contributed by atoms with van der Waals surface area (Å²) >= 11 is 0. The molecule has 0 bridgehead atoms. The minimum Gasteiger partial charge on any atom is -0.493 e. The van der Waals surface area contributed by atoms with E-state index in [1.807, 2.05) is 47.6 Å². The van der Waals surface area contributed by atoms with Gasteiger partial charge in [0.15, 0.2) is 22.9 Å². The second kappa shape index (κ2) is 13.1. The van der Waals surface area contributed by atoms with Crippen LogP contribution in [0.1, 0.15) is 75.0 Å². The Morgan fingerprint density at radius 2 is 1.76 bits per heavy atom. The van der Waals surface area contributed by atoms with E-state index in [1.165, 1.54) is 9.20 Å². The number of halogens is 1. The molecule has 0 saturated carbocycles. The summed E-state index contributed by atoms with van der Waals surface area (Å²) in [6.45, 7) is 12.7. The number of fused-ring (bicyclic) bond motifs is 1. The Morgan fingerprint density at radius 1 is 1.08 bits per heavy atom. The van der Waals surface area contributed by atoms with Gasteiger partial charge in [0, 0.05) is 35.3 Å². The number of carbonyl (C=O) groups excluding carboxylic acids is 1. The largest absolute Gasteiger partial charge is 0.493 e. The van der Waals surface area contributed by atoms with Gasteiger partial charge in [-0.05, 0) is 37.3 Å². The molecule has 0 fully saturated rings. The van der Waals surface area contributed by atoms with Gasteiger partial charge in [0.05, 0.1) is 20.3 Å². The molecule has 0 spiro atoms. The standard InChI is InChI=1S/C27H39N5O5.ClH/c1-8-18-19(9-2)25(36-10-3)30-32-24(18)29-31(26(32)28)16-21(34)17-14-20(27(4,5)6)23(35-7)22(15-17)37-13-11-12-33;/h14-15,28,33H,8-13,16H2,1-7H3;1H. The first kappa shape index (κ1) is 31.1. The van der Waals surface area contributed by atoms with Crippen molar-refractivity contribution in [3.05, 3.63) is 40.0 Å². The third-order valence-corrected chi connectivity index (χ3v) is 6.17. The number of aliphatic hydroxyl groups excluding tert-OH is 1. The second-order valence-electron chi connectivity index (χ2n) is 9.77. The number of carbonyl (C=O) groups is 1. The highest BCUT2D eigenvalue weighted by molar-refractivity contribution is 5.97. The lowest BCUT2D eigenvalue weighted by Gasteiger charge is -2.25. The highest BCUT2D eigenvalue weighted by Crippen LogP contribution is 2.40. The van der Waals surface area contributed by atoms with Crippen LogP contribution >= 0.6 is 12.4 Å². The van der Waals surface area contributed by atoms with Crippen LogP contribution < -0.4 is 19.8 Å². The Morgan fingerprint density at radius 3 is 2.32 bits per heavy atom. The van der Waals surface area contributed by atoms with Crippen LogP contribution in [-0.2, 0) is 24.8 Å². The number of aryl methyl sites for hydroxylation is 1. The van der Waals surface area contributed by atoms with Crippen molar-refractivity contribution in [2.45, 2.75) is 72.8 Å². The minimum absolute atomic E-state index is 0. The molecule has 3 aromatic rings. The molecule has 2 N–H and O–H groups in total. The summed E-state index contributed by atoms with van der Waals surface area (Å²) in [4.78, 5) is 13.5. The van der Waals surface area contributed by atoms with Crippen LogP contribution in [-0.4, -0.2) is 57.2 Å². The quantitative estimate of drug-likeness (QED) is 0.259. The maximum absolute atomic E-state index is 13.5. The number of hydrogen-bond acceptors (Lipinski definition) is 8. The van der Waals surface area contributed by atoms with Crippen LogP contribution in [0.4, 0.5) is 0 Å². The summed E-state index contributed by atoms with van der Waals surface area (Å²) in [6, 6.07) is 3.48. The maximum Gasteiger partial charge on any atom is 0.242 e. The predicted octanol–water partition coefficient (Wildman–Crippen LogP) is 3.91. The Kier molecular flexibility index (Phi) is 10.7. The SMILES string of the molecule is CCOc1nn2c(=N)n(CC(=O)c3cc(OCCCO)c(OC)c(C(C)(C)C)c3)nc2c(CC)c1CC.Cl. The zero-order valence-electron chi connectivity index (χ0n) is 23.4. The van der Waals surface area contributed by atoms with Crippen LogP contribution in [0.2, 0.25) is 0 Å². The van der Waals surface area contributed by atoms with E-state index in [2.05, 4.69) is 10.2 Å². The molecule has 0 atom stereocenters. The van der Waals surface area contributed by atoms with Crippen LogP contribution in [0.25, 0.3) is 5.65 Å². The zero-order chi connectivity index (χ0) is 27.3. The van der Waals surface area contributed by atoms with E-state index in [-0.39, 0.29) is 42.4 Å². The fourth-order valence-corrected chi connectivity index (χ4v) is 4.32. The smallest absolute Gasteiger partial charge is 0.242 e. The lowest BCUT2D eigenvalue weighted by molar-refractivity contribution is 0.0964. The van der Waals surface area contributed by atoms with Gasteiger partial charge in [-0.3, -0.25) is 10.2 Å². The Hall–Kier alpha value is -3.11. The molecule has 0 aliphatic carbocycles. The third-order valence-electron chi connectivity index (χ3n) is 6.17. The number of nitrogens with one attached hydrogen (secondary N) is 1. The molecule has 2 aromatic heterocycles. The van der Waals surface area contributed by atoms with Crippen molar-refractivity contribution >= 4 is 23.8 Å². The van der Waals surface area contributed by atoms with Gasteiger partial charge in [-0.25, -0.2) is 4.68 Å². The average Bonchev–Trinajstić information content (AvgIpc) is 3.16. The molecule has 1 aromatic carbocycles. The van der Waals surface area contributed by atoms with E-state index in [4.69, 9.17) is 24.7 Å². The highest BCUT2D eigenvalue weighted by atomic mass is 35.5. The van der Waals surface area contributed by atoms with E-state index in [1.54, 1.807) is 13.2 Å². The van der Waals surface area contributed by atoms with Crippen LogP contribution in [0.3, 0.4) is 0 Å². The fourth-order valence-electron chi connectivity index (χ4n) is 4.32. The van der Waals surface area contributed by atoms with Gasteiger partial charge in [0.25, 0.3) is 0 Å². The van der Waals surface area contributed by atoms with Crippen molar-refractivity contribution in [3.63, 3.8) is 0 Å². The number of ether oxygens (including phenoxy) is 3. The topological polar surface area (TPSA) is 124 Å². The molecule has 0 aliphatic heterocycles. The van der Waals surface area contributed by atoms with Gasteiger partial charge in [0.1, 0.15) is 6.54 Å². The van der Waals surface area contributed by atoms with Crippen molar-refractivity contribution in [2.24, 2.45) is 0 Å². The summed E-state index contributed by atoms with van der Waals surface area (Å²) in [7, 11) is 1.57.